The first-order chi connectivity index (χ1) is 16.0. The van der Waals surface area contributed by atoms with E-state index in [0.717, 1.165) is 50.3 Å². The first-order valence-electron chi connectivity index (χ1n) is 11.9. The first-order valence-corrected chi connectivity index (χ1v) is 11.9. The van der Waals surface area contributed by atoms with Gasteiger partial charge < -0.3 is 9.80 Å². The number of anilines is 1. The Bertz CT molecular complexity index is 1000. The summed E-state index contributed by atoms with van der Waals surface area (Å²) in [5, 5.41) is 0. The zero-order valence-electron chi connectivity index (χ0n) is 20.1. The van der Waals surface area contributed by atoms with Gasteiger partial charge in [-0.1, -0.05) is 72.8 Å². The molecule has 0 atom stereocenters. The van der Waals surface area contributed by atoms with Crippen LogP contribution in [0, 0.1) is 6.92 Å². The smallest absolute Gasteiger partial charge is 0.237 e. The number of rotatable bonds is 7. The van der Waals surface area contributed by atoms with Crippen molar-refractivity contribution in [2.75, 3.05) is 51.7 Å². The van der Waals surface area contributed by atoms with Gasteiger partial charge >= 0.3 is 0 Å². The van der Waals surface area contributed by atoms with Gasteiger partial charge in [0.25, 0.3) is 0 Å². The highest BCUT2D eigenvalue weighted by Gasteiger charge is 2.43. The Morgan fingerprint density at radius 1 is 0.818 bits per heavy atom. The van der Waals surface area contributed by atoms with E-state index in [0.29, 0.717) is 0 Å². The van der Waals surface area contributed by atoms with E-state index < -0.39 is 5.41 Å². The molecular weight excluding hydrogens is 406 g/mol. The van der Waals surface area contributed by atoms with Crippen molar-refractivity contribution in [3.63, 3.8) is 0 Å². The topological polar surface area (TPSA) is 26.8 Å². The van der Waals surface area contributed by atoms with Gasteiger partial charge in [0.1, 0.15) is 5.41 Å². The lowest BCUT2D eigenvalue weighted by molar-refractivity contribution is -0.133. The lowest BCUT2D eigenvalue weighted by atomic mass is 9.70. The first kappa shape index (κ1) is 23.1. The molecule has 172 valence electrons. The summed E-state index contributed by atoms with van der Waals surface area (Å²) >= 11 is 0. The fourth-order valence-electron chi connectivity index (χ4n) is 5.02. The molecule has 1 heterocycles. The molecule has 0 radical (unpaired) electrons. The van der Waals surface area contributed by atoms with Gasteiger partial charge in [0.2, 0.25) is 5.91 Å². The molecule has 0 unspecified atom stereocenters. The molecule has 0 aromatic heterocycles. The minimum absolute atomic E-state index is 0.137. The van der Waals surface area contributed by atoms with Crippen LogP contribution in [0.15, 0.2) is 84.9 Å². The van der Waals surface area contributed by atoms with Crippen LogP contribution >= 0.6 is 0 Å². The zero-order chi connectivity index (χ0) is 23.3. The van der Waals surface area contributed by atoms with Crippen molar-refractivity contribution in [2.24, 2.45) is 0 Å². The van der Waals surface area contributed by atoms with Crippen molar-refractivity contribution in [1.82, 2.24) is 9.80 Å². The van der Waals surface area contributed by atoms with Crippen molar-refractivity contribution in [3.05, 3.63) is 102 Å². The van der Waals surface area contributed by atoms with Gasteiger partial charge in [-0.25, -0.2) is 0 Å². The predicted molar refractivity (Wildman–Crippen MR) is 137 cm³/mol. The maximum Gasteiger partial charge on any atom is 0.237 e. The lowest BCUT2D eigenvalue weighted by Gasteiger charge is -2.40. The van der Waals surface area contributed by atoms with E-state index in [-0.39, 0.29) is 5.91 Å². The summed E-state index contributed by atoms with van der Waals surface area (Å²) in [4.78, 5) is 20.5. The van der Waals surface area contributed by atoms with Crippen molar-refractivity contribution >= 4 is 11.6 Å². The highest BCUT2D eigenvalue weighted by molar-refractivity contribution is 5.91. The van der Waals surface area contributed by atoms with E-state index in [1.165, 1.54) is 11.3 Å². The van der Waals surface area contributed by atoms with Gasteiger partial charge in [-0.2, -0.15) is 0 Å². The minimum Gasteiger partial charge on any atom is -0.369 e. The number of likely N-dealkylation sites (N-methyl/N-ethyl adjacent to an activating group) is 1. The summed E-state index contributed by atoms with van der Waals surface area (Å²) in [5.41, 5.74) is 4.04. The number of aryl methyl sites for hydroxylation is 1. The Morgan fingerprint density at radius 2 is 1.39 bits per heavy atom. The lowest BCUT2D eigenvalue weighted by Crippen LogP contribution is -2.50. The molecule has 4 rings (SSSR count). The molecule has 3 aromatic rings. The summed E-state index contributed by atoms with van der Waals surface area (Å²) in [6.07, 6.45) is 0.752. The van der Waals surface area contributed by atoms with Gasteiger partial charge in [0.05, 0.1) is 0 Å². The number of piperazine rings is 1. The Kier molecular flexibility index (Phi) is 7.14. The molecular formula is C29H35N3O. The van der Waals surface area contributed by atoms with Crippen LogP contribution in [0.2, 0.25) is 0 Å². The Labute approximate surface area is 198 Å². The van der Waals surface area contributed by atoms with Crippen molar-refractivity contribution in [1.29, 1.82) is 0 Å². The Morgan fingerprint density at radius 3 is 1.91 bits per heavy atom. The fourth-order valence-corrected chi connectivity index (χ4v) is 5.02. The third-order valence-corrected chi connectivity index (χ3v) is 6.85. The second kappa shape index (κ2) is 10.2. The molecule has 1 amide bonds. The third-order valence-electron chi connectivity index (χ3n) is 6.85. The van der Waals surface area contributed by atoms with Gasteiger partial charge in [0.15, 0.2) is 0 Å². The van der Waals surface area contributed by atoms with Crippen molar-refractivity contribution < 1.29 is 4.79 Å². The van der Waals surface area contributed by atoms with E-state index in [2.05, 4.69) is 65.3 Å². The average Bonchev–Trinajstić information content (AvgIpc) is 2.86. The summed E-state index contributed by atoms with van der Waals surface area (Å²) in [6.45, 7) is 7.05. The number of amides is 1. The van der Waals surface area contributed by atoms with Crippen molar-refractivity contribution in [3.8, 4) is 0 Å². The van der Waals surface area contributed by atoms with Crippen LogP contribution in [0.1, 0.15) is 23.1 Å². The van der Waals surface area contributed by atoms with Crippen LogP contribution in [0.4, 0.5) is 5.69 Å². The molecule has 1 aliphatic rings. The van der Waals surface area contributed by atoms with Gasteiger partial charge in [0, 0.05) is 46.0 Å². The quantitative estimate of drug-likeness (QED) is 0.537. The van der Waals surface area contributed by atoms with Gasteiger partial charge in [-0.3, -0.25) is 9.69 Å². The number of hydrogen-bond donors (Lipinski definition) is 0. The molecule has 3 aromatic carbocycles. The number of carbonyl (C=O) groups is 1. The SMILES string of the molecule is Cc1cccc(N2CCN(CCC(C(=O)N(C)C)(c3ccccc3)c3ccccc3)CC2)c1. The number of hydrogen-bond acceptors (Lipinski definition) is 3. The van der Waals surface area contributed by atoms with E-state index in [1.807, 2.05) is 50.5 Å². The van der Waals surface area contributed by atoms with Crippen molar-refractivity contribution in [2.45, 2.75) is 18.8 Å². The molecule has 0 spiro atoms. The summed E-state index contributed by atoms with van der Waals surface area (Å²) in [7, 11) is 3.73. The molecule has 0 N–H and O–H groups in total. The highest BCUT2D eigenvalue weighted by Crippen LogP contribution is 2.38. The molecule has 4 nitrogen and oxygen atoms in total. The van der Waals surface area contributed by atoms with Gasteiger partial charge in [-0.05, 0) is 48.7 Å². The molecule has 1 aliphatic heterocycles. The normalized spacial score (nSPS) is 14.8. The monoisotopic (exact) mass is 441 g/mol. The molecule has 1 fully saturated rings. The zero-order valence-corrected chi connectivity index (χ0v) is 20.1. The Balaban J connectivity index is 1.56. The average molecular weight is 442 g/mol. The van der Waals surface area contributed by atoms with Gasteiger partial charge in [-0.15, -0.1) is 0 Å². The van der Waals surface area contributed by atoms with E-state index in [1.54, 1.807) is 4.90 Å². The largest absolute Gasteiger partial charge is 0.369 e. The molecule has 0 bridgehead atoms. The van der Waals surface area contributed by atoms with E-state index in [4.69, 9.17) is 0 Å². The maximum absolute atomic E-state index is 13.8. The van der Waals surface area contributed by atoms with Crippen LogP contribution < -0.4 is 4.90 Å². The van der Waals surface area contributed by atoms with Crippen LogP contribution in [0.25, 0.3) is 0 Å². The fraction of sp³-hybridized carbons (Fsp3) is 0.345. The van der Waals surface area contributed by atoms with Crippen LogP contribution in [-0.4, -0.2) is 62.5 Å². The molecule has 0 aliphatic carbocycles. The predicted octanol–water partition coefficient (Wildman–Crippen LogP) is 4.58. The second-order valence-electron chi connectivity index (χ2n) is 9.25. The van der Waals surface area contributed by atoms with E-state index in [9.17, 15) is 4.79 Å². The second-order valence-corrected chi connectivity index (χ2v) is 9.25. The number of carbonyl (C=O) groups excluding carboxylic acids is 1. The van der Waals surface area contributed by atoms with Crippen LogP contribution in [-0.2, 0) is 10.2 Å². The molecule has 4 heteroatoms. The van der Waals surface area contributed by atoms with Crippen LogP contribution in [0.3, 0.4) is 0 Å². The third kappa shape index (κ3) is 4.96. The number of benzene rings is 3. The standard InChI is InChI=1S/C29H35N3O/c1-24-11-10-16-27(23-24)32-21-19-31(20-22-32)18-17-29(28(33)30(2)3,25-12-6-4-7-13-25)26-14-8-5-9-15-26/h4-16,23H,17-22H2,1-3H3. The Hall–Kier alpha value is -3.11. The molecule has 1 saturated heterocycles. The molecule has 33 heavy (non-hydrogen) atoms. The maximum atomic E-state index is 13.8. The summed E-state index contributed by atoms with van der Waals surface area (Å²) in [6, 6.07) is 29.3. The van der Waals surface area contributed by atoms with E-state index >= 15 is 0 Å². The summed E-state index contributed by atoms with van der Waals surface area (Å²) < 4.78 is 0. The minimum atomic E-state index is -0.695. The summed E-state index contributed by atoms with van der Waals surface area (Å²) in [5.74, 6) is 0.137. The van der Waals surface area contributed by atoms with Crippen LogP contribution in [0.5, 0.6) is 0 Å². The number of nitrogens with zero attached hydrogens (tertiary/aromatic N) is 3. The highest BCUT2D eigenvalue weighted by atomic mass is 16.2. The molecule has 0 saturated carbocycles.